The van der Waals surface area contributed by atoms with Crippen LogP contribution in [-0.4, -0.2) is 71.0 Å². The number of esters is 5. The van der Waals surface area contributed by atoms with Gasteiger partial charge >= 0.3 is 29.8 Å². The van der Waals surface area contributed by atoms with Crippen LogP contribution in [0.25, 0.3) is 11.3 Å². The lowest BCUT2D eigenvalue weighted by molar-refractivity contribution is -0.134. The molecule has 1 saturated heterocycles. The summed E-state index contributed by atoms with van der Waals surface area (Å²) in [5.74, 6) is -12.2. The molecule has 0 spiro atoms. The second-order valence-electron chi connectivity index (χ2n) is 11.7. The SMILES string of the molecule is O=C1/C=C\C(=O)Oc2c(F)c3c(c(c2-c2cc(CN4CCN(C(c5ccccc5)c5ccc(F)cc5F)CC4)on2)C(=O)O1)OC(=O)/C=C\C(=O)O3. The number of nitrogens with zero attached hydrogens (tertiary/aromatic N) is 3. The maximum atomic E-state index is 16.1. The Morgan fingerprint density at radius 2 is 1.29 bits per heavy atom. The fraction of sp³-hybridized carbons (Fsp3) is 0.167. The van der Waals surface area contributed by atoms with Crippen molar-refractivity contribution in [2.24, 2.45) is 0 Å². The van der Waals surface area contributed by atoms with E-state index in [1.54, 1.807) is 0 Å². The van der Waals surface area contributed by atoms with E-state index < -0.39 is 81.7 Å². The monoisotopic (exact) mass is 715 g/mol. The van der Waals surface area contributed by atoms with Crippen molar-refractivity contribution < 1.29 is 60.6 Å². The molecule has 7 rings (SSSR count). The standard InChI is InChI=1S/C36H24F3N3O10/c37-20-6-7-22(23(38)16-20)32(19-4-2-1-3-5-19)42-14-12-41(13-15-42)18-21-17-24(40-52-21)29-30-34-35(50-27(45)9-8-26(44)49-34)31(39)33(29)48-25(43)10-11-28(46)51-36(30)47/h1-11,16-17,32H,12-15,18H2/b9-8-,11-10-. The number of benzene rings is 3. The fourth-order valence-corrected chi connectivity index (χ4v) is 6.08. The molecule has 2 bridgehead atoms. The number of hydrogen-bond donors (Lipinski definition) is 0. The highest BCUT2D eigenvalue weighted by atomic mass is 19.1. The highest BCUT2D eigenvalue weighted by molar-refractivity contribution is 6.10. The molecule has 264 valence electrons. The molecule has 0 N–H and O–H groups in total. The summed E-state index contributed by atoms with van der Waals surface area (Å²) in [6, 6.07) is 13.6. The predicted octanol–water partition coefficient (Wildman–Crippen LogP) is 4.21. The highest BCUT2D eigenvalue weighted by Gasteiger charge is 2.39. The largest absolute Gasteiger partial charge is 0.419 e. The van der Waals surface area contributed by atoms with E-state index in [4.69, 9.17) is 23.5 Å². The van der Waals surface area contributed by atoms with Crippen LogP contribution in [0.5, 0.6) is 17.2 Å². The summed E-state index contributed by atoms with van der Waals surface area (Å²) in [6.45, 7) is 1.98. The number of rotatable bonds is 6. The van der Waals surface area contributed by atoms with Crippen LogP contribution in [0.15, 0.2) is 83.4 Å². The number of carbonyl (C=O) groups is 5. The second kappa shape index (κ2) is 14.1. The molecule has 52 heavy (non-hydrogen) atoms. The molecule has 1 fully saturated rings. The highest BCUT2D eigenvalue weighted by Crippen LogP contribution is 2.49. The van der Waals surface area contributed by atoms with Crippen molar-refractivity contribution in [1.29, 1.82) is 0 Å². The lowest BCUT2D eigenvalue weighted by Crippen LogP contribution is -2.47. The quantitative estimate of drug-likeness (QED) is 0.159. The molecular weight excluding hydrogens is 691 g/mol. The normalized spacial score (nSPS) is 18.6. The van der Waals surface area contributed by atoms with Crippen LogP contribution < -0.4 is 14.2 Å². The van der Waals surface area contributed by atoms with Crippen LogP contribution in [0.1, 0.15) is 33.3 Å². The number of halogens is 3. The second-order valence-corrected chi connectivity index (χ2v) is 11.7. The van der Waals surface area contributed by atoms with Crippen molar-refractivity contribution in [2.75, 3.05) is 26.2 Å². The van der Waals surface area contributed by atoms with E-state index in [1.165, 1.54) is 18.2 Å². The summed E-state index contributed by atoms with van der Waals surface area (Å²) < 4.78 is 70.5. The molecule has 0 radical (unpaired) electrons. The van der Waals surface area contributed by atoms with E-state index in [1.807, 2.05) is 35.2 Å². The minimum Gasteiger partial charge on any atom is -0.419 e. The zero-order chi connectivity index (χ0) is 36.5. The summed E-state index contributed by atoms with van der Waals surface area (Å²) in [5.41, 5.74) is -0.573. The number of fused-ring (bicyclic) bond motifs is 4. The lowest BCUT2D eigenvalue weighted by atomic mass is 9.95. The Balaban J connectivity index is 1.20. The van der Waals surface area contributed by atoms with Crippen molar-refractivity contribution >= 4 is 29.8 Å². The third-order valence-corrected chi connectivity index (χ3v) is 8.36. The summed E-state index contributed by atoms with van der Waals surface area (Å²) in [5, 5.41) is 3.95. The van der Waals surface area contributed by atoms with Crippen LogP contribution in [0, 0.1) is 17.5 Å². The predicted molar refractivity (Wildman–Crippen MR) is 169 cm³/mol. The molecule has 0 aliphatic carbocycles. The Morgan fingerprint density at radius 1 is 0.673 bits per heavy atom. The van der Waals surface area contributed by atoms with Gasteiger partial charge in [0.1, 0.15) is 22.9 Å². The van der Waals surface area contributed by atoms with Gasteiger partial charge in [0.25, 0.3) is 0 Å². The fourth-order valence-electron chi connectivity index (χ4n) is 6.08. The van der Waals surface area contributed by atoms with E-state index >= 15 is 8.78 Å². The molecule has 3 aromatic carbocycles. The molecule has 3 aliphatic rings. The zero-order valence-corrected chi connectivity index (χ0v) is 26.7. The molecular formula is C36H24F3N3O10. The maximum Gasteiger partial charge on any atom is 0.350 e. The first-order valence-electron chi connectivity index (χ1n) is 15.6. The van der Waals surface area contributed by atoms with Gasteiger partial charge in [0.2, 0.25) is 11.6 Å². The molecule has 1 atom stereocenters. The Kier molecular flexibility index (Phi) is 9.23. The van der Waals surface area contributed by atoms with E-state index in [-0.39, 0.29) is 18.0 Å². The van der Waals surface area contributed by atoms with E-state index in [9.17, 15) is 28.4 Å². The van der Waals surface area contributed by atoms with Crippen LogP contribution in [0.2, 0.25) is 0 Å². The Labute approximate surface area is 291 Å². The minimum absolute atomic E-state index is 0.142. The van der Waals surface area contributed by atoms with E-state index in [0.29, 0.717) is 56.0 Å². The van der Waals surface area contributed by atoms with Gasteiger partial charge in [0, 0.05) is 68.2 Å². The third-order valence-electron chi connectivity index (χ3n) is 8.36. The summed E-state index contributed by atoms with van der Waals surface area (Å²) in [4.78, 5) is 66.9. The molecule has 1 aromatic heterocycles. The Hall–Kier alpha value is -6.39. The van der Waals surface area contributed by atoms with Crippen molar-refractivity contribution in [2.45, 2.75) is 12.6 Å². The average Bonchev–Trinajstić information content (AvgIpc) is 3.58. The Bertz CT molecular complexity index is 2190. The van der Waals surface area contributed by atoms with Gasteiger partial charge in [-0.2, -0.15) is 4.39 Å². The maximum absolute atomic E-state index is 16.1. The van der Waals surface area contributed by atoms with Gasteiger partial charge in [-0.05, 0) is 11.6 Å². The number of aromatic nitrogens is 1. The minimum atomic E-state index is -1.52. The van der Waals surface area contributed by atoms with E-state index in [2.05, 4.69) is 10.1 Å². The molecule has 0 saturated carbocycles. The summed E-state index contributed by atoms with van der Waals surface area (Å²) in [6.07, 6.45) is 2.45. The molecule has 4 heterocycles. The first kappa shape index (κ1) is 34.1. The molecule has 16 heteroatoms. The van der Waals surface area contributed by atoms with Gasteiger partial charge in [-0.3, -0.25) is 9.80 Å². The van der Waals surface area contributed by atoms with Crippen molar-refractivity contribution in [1.82, 2.24) is 15.0 Å². The summed E-state index contributed by atoms with van der Waals surface area (Å²) >= 11 is 0. The van der Waals surface area contributed by atoms with Crippen molar-refractivity contribution in [3.8, 4) is 28.5 Å². The number of hydrogen-bond acceptors (Lipinski definition) is 13. The van der Waals surface area contributed by atoms with Gasteiger partial charge in [-0.15, -0.1) is 0 Å². The zero-order valence-electron chi connectivity index (χ0n) is 26.7. The van der Waals surface area contributed by atoms with Gasteiger partial charge < -0.3 is 23.5 Å². The van der Waals surface area contributed by atoms with Crippen molar-refractivity contribution in [3.05, 3.63) is 119 Å². The van der Waals surface area contributed by atoms with Crippen LogP contribution >= 0.6 is 0 Å². The van der Waals surface area contributed by atoms with Crippen LogP contribution in [0.4, 0.5) is 13.2 Å². The molecule has 4 aromatic rings. The molecule has 3 aliphatic heterocycles. The third kappa shape index (κ3) is 6.84. The number of ether oxygens (including phenoxy) is 4. The first-order chi connectivity index (χ1) is 25.0. The van der Waals surface area contributed by atoms with Gasteiger partial charge in [0.05, 0.1) is 18.2 Å². The van der Waals surface area contributed by atoms with E-state index in [0.717, 1.165) is 11.6 Å². The van der Waals surface area contributed by atoms with Crippen LogP contribution in [0.3, 0.4) is 0 Å². The van der Waals surface area contributed by atoms with Gasteiger partial charge in [0.15, 0.2) is 17.3 Å². The van der Waals surface area contributed by atoms with Gasteiger partial charge in [-0.25, -0.2) is 32.8 Å². The van der Waals surface area contributed by atoms with Gasteiger partial charge in [-0.1, -0.05) is 41.6 Å². The van der Waals surface area contributed by atoms with Crippen LogP contribution in [-0.2, 0) is 30.5 Å². The van der Waals surface area contributed by atoms with Crippen molar-refractivity contribution in [3.63, 3.8) is 0 Å². The molecule has 1 unspecified atom stereocenters. The smallest absolute Gasteiger partial charge is 0.350 e. The molecule has 13 nitrogen and oxygen atoms in total. The number of carbonyl (C=O) groups excluding carboxylic acids is 5. The summed E-state index contributed by atoms with van der Waals surface area (Å²) in [7, 11) is 0. The topological polar surface area (TPSA) is 155 Å². The lowest BCUT2D eigenvalue weighted by Gasteiger charge is -2.39. The molecule has 0 amide bonds. The number of piperazine rings is 1. The first-order valence-corrected chi connectivity index (χ1v) is 15.6. The number of cyclic esters (lactones) is 2. The average molecular weight is 716 g/mol. The Morgan fingerprint density at radius 3 is 1.94 bits per heavy atom.